The van der Waals surface area contributed by atoms with Crippen LogP contribution in [-0.2, 0) is 11.2 Å². The third-order valence-electron chi connectivity index (χ3n) is 2.83. The van der Waals surface area contributed by atoms with Crippen molar-refractivity contribution >= 4 is 5.91 Å². The predicted octanol–water partition coefficient (Wildman–Crippen LogP) is 1.48. The summed E-state index contributed by atoms with van der Waals surface area (Å²) in [5, 5.41) is 5.70. The van der Waals surface area contributed by atoms with Crippen LogP contribution in [0.3, 0.4) is 0 Å². The van der Waals surface area contributed by atoms with Crippen LogP contribution >= 0.6 is 0 Å². The van der Waals surface area contributed by atoms with E-state index in [9.17, 15) is 9.18 Å². The zero-order chi connectivity index (χ0) is 12.9. The maximum Gasteiger partial charge on any atom is 0.239 e. The van der Waals surface area contributed by atoms with Gasteiger partial charge in [-0.25, -0.2) is 4.39 Å². The van der Waals surface area contributed by atoms with Crippen LogP contribution in [-0.4, -0.2) is 25.0 Å². The maximum atomic E-state index is 13.3. The van der Waals surface area contributed by atoms with Gasteiger partial charge in [-0.1, -0.05) is 18.2 Å². The van der Waals surface area contributed by atoms with Gasteiger partial charge in [0.2, 0.25) is 5.91 Å². The Labute approximate surface area is 101 Å². The third kappa shape index (κ3) is 3.82. The lowest BCUT2D eigenvalue weighted by Gasteiger charge is -2.22. The normalized spacial score (nSPS) is 11.3. The van der Waals surface area contributed by atoms with Crippen LogP contribution in [0.15, 0.2) is 24.3 Å². The Morgan fingerprint density at radius 3 is 2.59 bits per heavy atom. The summed E-state index contributed by atoms with van der Waals surface area (Å²) < 4.78 is 13.3. The zero-order valence-electron chi connectivity index (χ0n) is 10.5. The Morgan fingerprint density at radius 2 is 2.00 bits per heavy atom. The van der Waals surface area contributed by atoms with Crippen LogP contribution in [0.5, 0.6) is 0 Å². The molecule has 0 saturated carbocycles. The van der Waals surface area contributed by atoms with E-state index in [1.807, 2.05) is 0 Å². The molecular formula is C13H19FN2O. The van der Waals surface area contributed by atoms with Crippen molar-refractivity contribution < 1.29 is 9.18 Å². The summed E-state index contributed by atoms with van der Waals surface area (Å²) in [7, 11) is 1.73. The molecule has 94 valence electrons. The molecule has 0 aliphatic carbocycles. The molecule has 0 aliphatic heterocycles. The molecule has 0 atom stereocenters. The van der Waals surface area contributed by atoms with E-state index in [1.165, 1.54) is 6.07 Å². The number of rotatable bonds is 5. The van der Waals surface area contributed by atoms with E-state index in [4.69, 9.17) is 0 Å². The van der Waals surface area contributed by atoms with Gasteiger partial charge < -0.3 is 10.6 Å². The van der Waals surface area contributed by atoms with Gasteiger partial charge in [0.15, 0.2) is 0 Å². The van der Waals surface area contributed by atoms with Gasteiger partial charge in [-0.15, -0.1) is 0 Å². The number of carbonyl (C=O) groups excluding carboxylic acids is 1. The number of nitrogens with one attached hydrogen (secondary N) is 2. The highest BCUT2D eigenvalue weighted by Gasteiger charge is 2.24. The minimum atomic E-state index is -0.602. The standard InChI is InChI=1S/C13H19FN2O/c1-13(2,15-3)12(17)16-9-8-10-6-4-5-7-11(10)14/h4-7,15H,8-9H2,1-3H3,(H,16,17). The first kappa shape index (κ1) is 13.6. The number of halogens is 1. The second-order valence-corrected chi connectivity index (χ2v) is 4.47. The Balaban J connectivity index is 2.44. The van der Waals surface area contributed by atoms with Gasteiger partial charge in [0, 0.05) is 6.54 Å². The average molecular weight is 238 g/mol. The summed E-state index contributed by atoms with van der Waals surface area (Å²) in [4.78, 5) is 11.7. The number of benzene rings is 1. The average Bonchev–Trinajstić information content (AvgIpc) is 2.31. The second-order valence-electron chi connectivity index (χ2n) is 4.47. The molecule has 1 amide bonds. The van der Waals surface area contributed by atoms with E-state index in [0.717, 1.165) is 0 Å². The second kappa shape index (κ2) is 5.77. The molecule has 0 unspecified atom stereocenters. The largest absolute Gasteiger partial charge is 0.354 e. The molecule has 0 spiro atoms. The van der Waals surface area contributed by atoms with Gasteiger partial charge in [0.25, 0.3) is 0 Å². The molecule has 1 aromatic rings. The lowest BCUT2D eigenvalue weighted by Crippen LogP contribution is -2.51. The van der Waals surface area contributed by atoms with Crippen LogP contribution in [0.4, 0.5) is 4.39 Å². The summed E-state index contributed by atoms with van der Waals surface area (Å²) in [6.07, 6.45) is 0.498. The van der Waals surface area contributed by atoms with E-state index >= 15 is 0 Å². The van der Waals surface area contributed by atoms with Crippen LogP contribution in [0.25, 0.3) is 0 Å². The molecule has 0 radical (unpaired) electrons. The smallest absolute Gasteiger partial charge is 0.239 e. The molecule has 0 bridgehead atoms. The van der Waals surface area contributed by atoms with Crippen molar-refractivity contribution in [3.63, 3.8) is 0 Å². The van der Waals surface area contributed by atoms with Crippen molar-refractivity contribution in [2.24, 2.45) is 0 Å². The molecule has 17 heavy (non-hydrogen) atoms. The highest BCUT2D eigenvalue weighted by molar-refractivity contribution is 5.85. The van der Waals surface area contributed by atoms with E-state index in [1.54, 1.807) is 39.1 Å². The van der Waals surface area contributed by atoms with Gasteiger partial charge in [-0.3, -0.25) is 4.79 Å². The minimum Gasteiger partial charge on any atom is -0.354 e. The summed E-state index contributed by atoms with van der Waals surface area (Å²) in [5.41, 5.74) is 0.0185. The van der Waals surface area contributed by atoms with Crippen LogP contribution in [0, 0.1) is 5.82 Å². The zero-order valence-corrected chi connectivity index (χ0v) is 10.5. The molecule has 0 saturated heterocycles. The van der Waals surface area contributed by atoms with E-state index in [0.29, 0.717) is 18.5 Å². The third-order valence-corrected chi connectivity index (χ3v) is 2.83. The number of hydrogen-bond donors (Lipinski definition) is 2. The van der Waals surface area contributed by atoms with Crippen molar-refractivity contribution in [2.75, 3.05) is 13.6 Å². The van der Waals surface area contributed by atoms with Gasteiger partial charge in [0.1, 0.15) is 5.82 Å². The fraction of sp³-hybridized carbons (Fsp3) is 0.462. The van der Waals surface area contributed by atoms with E-state index < -0.39 is 5.54 Å². The Kier molecular flexibility index (Phi) is 4.63. The first-order valence-electron chi connectivity index (χ1n) is 5.68. The number of amides is 1. The molecule has 1 rings (SSSR count). The van der Waals surface area contributed by atoms with Crippen molar-refractivity contribution in [1.82, 2.24) is 10.6 Å². The lowest BCUT2D eigenvalue weighted by molar-refractivity contribution is -0.126. The Bertz CT molecular complexity index is 391. The molecule has 2 N–H and O–H groups in total. The van der Waals surface area contributed by atoms with E-state index in [2.05, 4.69) is 10.6 Å². The van der Waals surface area contributed by atoms with Crippen LogP contribution in [0.2, 0.25) is 0 Å². The van der Waals surface area contributed by atoms with Crippen LogP contribution in [0.1, 0.15) is 19.4 Å². The highest BCUT2D eigenvalue weighted by atomic mass is 19.1. The van der Waals surface area contributed by atoms with Crippen molar-refractivity contribution in [3.05, 3.63) is 35.6 Å². The van der Waals surface area contributed by atoms with Crippen molar-refractivity contribution in [2.45, 2.75) is 25.8 Å². The van der Waals surface area contributed by atoms with Gasteiger partial charge in [-0.2, -0.15) is 0 Å². The lowest BCUT2D eigenvalue weighted by atomic mass is 10.0. The number of hydrogen-bond acceptors (Lipinski definition) is 2. The van der Waals surface area contributed by atoms with Crippen molar-refractivity contribution in [1.29, 1.82) is 0 Å². The molecule has 0 aromatic heterocycles. The molecule has 4 heteroatoms. The summed E-state index contributed by atoms with van der Waals surface area (Å²) in [6, 6.07) is 6.60. The fourth-order valence-corrected chi connectivity index (χ4v) is 1.35. The first-order chi connectivity index (χ1) is 7.97. The summed E-state index contributed by atoms with van der Waals surface area (Å²) in [6.45, 7) is 4.03. The number of carbonyl (C=O) groups is 1. The van der Waals surface area contributed by atoms with Gasteiger partial charge >= 0.3 is 0 Å². The summed E-state index contributed by atoms with van der Waals surface area (Å²) in [5.74, 6) is -0.314. The molecule has 3 nitrogen and oxygen atoms in total. The van der Waals surface area contributed by atoms with Crippen LogP contribution < -0.4 is 10.6 Å². The fourth-order valence-electron chi connectivity index (χ4n) is 1.35. The minimum absolute atomic E-state index is 0.0867. The highest BCUT2D eigenvalue weighted by Crippen LogP contribution is 2.06. The molecular weight excluding hydrogens is 219 g/mol. The SMILES string of the molecule is CNC(C)(C)C(=O)NCCc1ccccc1F. The Hall–Kier alpha value is -1.42. The van der Waals surface area contributed by atoms with Crippen molar-refractivity contribution in [3.8, 4) is 0 Å². The molecule has 0 heterocycles. The maximum absolute atomic E-state index is 13.3. The monoisotopic (exact) mass is 238 g/mol. The number of likely N-dealkylation sites (N-methyl/N-ethyl adjacent to an activating group) is 1. The first-order valence-corrected chi connectivity index (χ1v) is 5.68. The summed E-state index contributed by atoms with van der Waals surface area (Å²) >= 11 is 0. The predicted molar refractivity (Wildman–Crippen MR) is 66.3 cm³/mol. The molecule has 0 aliphatic rings. The topological polar surface area (TPSA) is 41.1 Å². The van der Waals surface area contributed by atoms with E-state index in [-0.39, 0.29) is 11.7 Å². The molecule has 1 aromatic carbocycles. The van der Waals surface area contributed by atoms with Gasteiger partial charge in [0.05, 0.1) is 5.54 Å². The Morgan fingerprint density at radius 1 is 1.35 bits per heavy atom. The molecule has 0 fully saturated rings. The van der Waals surface area contributed by atoms with Gasteiger partial charge in [-0.05, 0) is 38.9 Å². The quantitative estimate of drug-likeness (QED) is 0.816.